The van der Waals surface area contributed by atoms with E-state index in [-0.39, 0.29) is 23.3 Å². The van der Waals surface area contributed by atoms with E-state index in [1.807, 2.05) is 34.6 Å². The SMILES string of the molecule is CCC(C)(C)C(=O)OC.CCC(C)C(=O)OC.CCC(C)c1ccccc1. The van der Waals surface area contributed by atoms with Crippen LogP contribution in [-0.4, -0.2) is 26.2 Å². The molecule has 0 aliphatic rings. The molecule has 2 unspecified atom stereocenters. The molecule has 27 heavy (non-hydrogen) atoms. The van der Waals surface area contributed by atoms with Crippen LogP contribution in [0, 0.1) is 11.3 Å². The van der Waals surface area contributed by atoms with Gasteiger partial charge in [-0.05, 0) is 44.6 Å². The first-order valence-electron chi connectivity index (χ1n) is 9.82. The van der Waals surface area contributed by atoms with E-state index in [0.29, 0.717) is 5.92 Å². The van der Waals surface area contributed by atoms with Crippen LogP contribution in [0.15, 0.2) is 30.3 Å². The average molecular weight is 381 g/mol. The summed E-state index contributed by atoms with van der Waals surface area (Å²) in [5.41, 5.74) is 1.14. The van der Waals surface area contributed by atoms with Crippen LogP contribution in [0.5, 0.6) is 0 Å². The van der Waals surface area contributed by atoms with Crippen molar-refractivity contribution in [2.45, 2.75) is 73.6 Å². The van der Waals surface area contributed by atoms with E-state index in [1.165, 1.54) is 26.2 Å². The maximum atomic E-state index is 10.8. The molecule has 0 amide bonds. The largest absolute Gasteiger partial charge is 0.469 e. The topological polar surface area (TPSA) is 52.6 Å². The lowest BCUT2D eigenvalue weighted by Crippen LogP contribution is -2.24. The predicted molar refractivity (Wildman–Crippen MR) is 113 cm³/mol. The zero-order valence-electron chi connectivity index (χ0n) is 18.8. The Kier molecular flexibility index (Phi) is 15.5. The fourth-order valence-corrected chi connectivity index (χ4v) is 1.81. The number of methoxy groups -OCH3 is 2. The predicted octanol–water partition coefficient (Wildman–Crippen LogP) is 6.00. The third-order valence-electron chi connectivity index (χ3n) is 4.82. The fraction of sp³-hybridized carbons (Fsp3) is 0.652. The summed E-state index contributed by atoms with van der Waals surface area (Å²) in [6.45, 7) is 14.0. The standard InChI is InChI=1S/C10H14.C7H14O2.C6H12O2/c1-3-9(2)10-7-5-4-6-8-10;1-5-7(2,3)6(8)9-4;1-4-5(2)6(7)8-3/h4-9H,3H2,1-2H3;5H2,1-4H3;5H,4H2,1-3H3. The lowest BCUT2D eigenvalue weighted by Gasteiger charge is -2.17. The molecule has 4 nitrogen and oxygen atoms in total. The van der Waals surface area contributed by atoms with Gasteiger partial charge in [-0.1, -0.05) is 65.0 Å². The number of ether oxygens (including phenoxy) is 2. The summed E-state index contributed by atoms with van der Waals surface area (Å²) in [6, 6.07) is 10.6. The number of esters is 2. The van der Waals surface area contributed by atoms with Crippen molar-refractivity contribution in [3.8, 4) is 0 Å². The first kappa shape index (κ1) is 27.4. The molecule has 0 N–H and O–H groups in total. The Hall–Kier alpha value is -1.84. The van der Waals surface area contributed by atoms with Crippen LogP contribution >= 0.6 is 0 Å². The maximum Gasteiger partial charge on any atom is 0.311 e. The summed E-state index contributed by atoms with van der Waals surface area (Å²) in [5, 5.41) is 0. The van der Waals surface area contributed by atoms with Crippen LogP contribution in [0.25, 0.3) is 0 Å². The molecule has 0 spiro atoms. The molecule has 2 atom stereocenters. The van der Waals surface area contributed by atoms with Gasteiger partial charge in [0.15, 0.2) is 0 Å². The molecule has 0 radical (unpaired) electrons. The van der Waals surface area contributed by atoms with Gasteiger partial charge in [-0.15, -0.1) is 0 Å². The van der Waals surface area contributed by atoms with Gasteiger partial charge in [0.25, 0.3) is 0 Å². The van der Waals surface area contributed by atoms with Crippen molar-refractivity contribution in [1.29, 1.82) is 0 Å². The number of carbonyl (C=O) groups excluding carboxylic acids is 2. The van der Waals surface area contributed by atoms with Gasteiger partial charge in [-0.3, -0.25) is 9.59 Å². The Morgan fingerprint density at radius 2 is 1.44 bits per heavy atom. The van der Waals surface area contributed by atoms with E-state index >= 15 is 0 Å². The zero-order valence-corrected chi connectivity index (χ0v) is 18.8. The molecule has 1 rings (SSSR count). The Labute approximate surface area is 166 Å². The van der Waals surface area contributed by atoms with Crippen molar-refractivity contribution in [3.05, 3.63) is 35.9 Å². The number of benzene rings is 1. The third-order valence-corrected chi connectivity index (χ3v) is 4.82. The quantitative estimate of drug-likeness (QED) is 0.568. The van der Waals surface area contributed by atoms with Crippen molar-refractivity contribution in [2.75, 3.05) is 14.2 Å². The molecule has 0 bridgehead atoms. The van der Waals surface area contributed by atoms with Crippen molar-refractivity contribution in [3.63, 3.8) is 0 Å². The highest BCUT2D eigenvalue weighted by Gasteiger charge is 2.25. The van der Waals surface area contributed by atoms with Gasteiger partial charge in [-0.2, -0.15) is 0 Å². The number of rotatable bonds is 6. The van der Waals surface area contributed by atoms with Crippen LogP contribution in [0.3, 0.4) is 0 Å². The van der Waals surface area contributed by atoms with E-state index in [1.54, 1.807) is 0 Å². The van der Waals surface area contributed by atoms with Crippen LogP contribution in [-0.2, 0) is 19.1 Å². The molecule has 0 saturated heterocycles. The molecule has 4 heteroatoms. The molecule has 0 aromatic heterocycles. The van der Waals surface area contributed by atoms with Gasteiger partial charge in [0, 0.05) is 0 Å². The summed E-state index contributed by atoms with van der Waals surface area (Å²) in [4.78, 5) is 21.4. The highest BCUT2D eigenvalue weighted by Crippen LogP contribution is 2.20. The molecular weight excluding hydrogens is 340 g/mol. The number of hydrogen-bond acceptors (Lipinski definition) is 4. The Bertz CT molecular complexity index is 508. The molecule has 0 aliphatic carbocycles. The van der Waals surface area contributed by atoms with Gasteiger partial charge in [0.1, 0.15) is 0 Å². The van der Waals surface area contributed by atoms with Crippen LogP contribution in [0.1, 0.15) is 79.2 Å². The first-order chi connectivity index (χ1) is 12.6. The molecule has 0 fully saturated rings. The minimum atomic E-state index is -0.311. The molecule has 0 heterocycles. The highest BCUT2D eigenvalue weighted by atomic mass is 16.5. The molecule has 156 valence electrons. The molecule has 0 saturated carbocycles. The van der Waals surface area contributed by atoms with E-state index in [2.05, 4.69) is 53.7 Å². The lowest BCUT2D eigenvalue weighted by atomic mass is 9.91. The van der Waals surface area contributed by atoms with Gasteiger partial charge in [-0.25, -0.2) is 0 Å². The van der Waals surface area contributed by atoms with E-state index in [4.69, 9.17) is 0 Å². The van der Waals surface area contributed by atoms with E-state index < -0.39 is 0 Å². The van der Waals surface area contributed by atoms with Crippen molar-refractivity contribution in [1.82, 2.24) is 0 Å². The number of hydrogen-bond donors (Lipinski definition) is 0. The van der Waals surface area contributed by atoms with Gasteiger partial charge < -0.3 is 9.47 Å². The smallest absolute Gasteiger partial charge is 0.311 e. The van der Waals surface area contributed by atoms with Crippen molar-refractivity contribution < 1.29 is 19.1 Å². The Balaban J connectivity index is 0. The molecule has 1 aromatic carbocycles. The summed E-state index contributed by atoms with van der Waals surface area (Å²) >= 11 is 0. The summed E-state index contributed by atoms with van der Waals surface area (Å²) in [7, 11) is 2.83. The van der Waals surface area contributed by atoms with Gasteiger partial charge in [0.2, 0.25) is 0 Å². The minimum Gasteiger partial charge on any atom is -0.469 e. The minimum absolute atomic E-state index is 0.0556. The fourth-order valence-electron chi connectivity index (χ4n) is 1.81. The Morgan fingerprint density at radius 3 is 1.70 bits per heavy atom. The summed E-state index contributed by atoms with van der Waals surface area (Å²) in [6.07, 6.45) is 2.90. The Morgan fingerprint density at radius 1 is 0.926 bits per heavy atom. The second-order valence-electron chi connectivity index (χ2n) is 7.28. The van der Waals surface area contributed by atoms with Crippen LogP contribution < -0.4 is 0 Å². The van der Waals surface area contributed by atoms with E-state index in [0.717, 1.165) is 12.8 Å². The van der Waals surface area contributed by atoms with Crippen LogP contribution in [0.4, 0.5) is 0 Å². The van der Waals surface area contributed by atoms with Crippen molar-refractivity contribution in [2.24, 2.45) is 11.3 Å². The third kappa shape index (κ3) is 12.2. The van der Waals surface area contributed by atoms with Gasteiger partial charge >= 0.3 is 11.9 Å². The zero-order chi connectivity index (χ0) is 21.5. The normalized spacial score (nSPS) is 12.3. The summed E-state index contributed by atoms with van der Waals surface area (Å²) in [5.74, 6) is 0.513. The molecule has 1 aromatic rings. The summed E-state index contributed by atoms with van der Waals surface area (Å²) < 4.78 is 9.03. The van der Waals surface area contributed by atoms with Gasteiger partial charge in [0.05, 0.1) is 25.6 Å². The second-order valence-corrected chi connectivity index (χ2v) is 7.28. The van der Waals surface area contributed by atoms with Crippen LogP contribution in [0.2, 0.25) is 0 Å². The first-order valence-corrected chi connectivity index (χ1v) is 9.82. The molecular formula is C23H40O4. The average Bonchev–Trinajstić information content (AvgIpc) is 2.72. The lowest BCUT2D eigenvalue weighted by molar-refractivity contribution is -0.150. The molecule has 0 aliphatic heterocycles. The van der Waals surface area contributed by atoms with E-state index in [9.17, 15) is 9.59 Å². The monoisotopic (exact) mass is 380 g/mol. The second kappa shape index (κ2) is 15.2. The van der Waals surface area contributed by atoms with Crippen molar-refractivity contribution >= 4 is 11.9 Å². The number of carbonyl (C=O) groups is 2. The maximum absolute atomic E-state index is 10.8. The highest BCUT2D eigenvalue weighted by molar-refractivity contribution is 5.75.